The Morgan fingerprint density at radius 2 is 1.07 bits per heavy atom. The summed E-state index contributed by atoms with van der Waals surface area (Å²) < 4.78 is 75.5. The first kappa shape index (κ1) is 55.8. The Morgan fingerprint density at radius 1 is 0.594 bits per heavy atom. The van der Waals surface area contributed by atoms with Crippen molar-refractivity contribution < 1.29 is 76.3 Å². The van der Waals surface area contributed by atoms with Crippen molar-refractivity contribution in [2.24, 2.45) is 16.7 Å². The summed E-state index contributed by atoms with van der Waals surface area (Å²) in [4.78, 5) is 25.3. The smallest absolute Gasteiger partial charge is 0.407 e. The molecule has 2 aromatic rings. The van der Waals surface area contributed by atoms with Crippen molar-refractivity contribution in [2.75, 3.05) is 113 Å². The Kier molecular flexibility index (Phi) is 21.3. The number of phenolic OH excluding ortho intramolecular Hbond substituents is 1. The lowest BCUT2D eigenvalue weighted by atomic mass is 9.43. The molecule has 69 heavy (non-hydrogen) atoms. The van der Waals surface area contributed by atoms with Crippen LogP contribution in [-0.4, -0.2) is 147 Å². The Labute approximate surface area is 409 Å². The number of methoxy groups -OCH3 is 1. The predicted molar refractivity (Wildman–Crippen MR) is 257 cm³/mol. The maximum atomic E-state index is 13.0. The summed E-state index contributed by atoms with van der Waals surface area (Å²) in [6, 6.07) is 7.71. The third kappa shape index (κ3) is 19.9. The summed E-state index contributed by atoms with van der Waals surface area (Å²) in [5.41, 5.74) is 0.657. The first-order valence-corrected chi connectivity index (χ1v) is 24.5. The van der Waals surface area contributed by atoms with Gasteiger partial charge in [-0.2, -0.15) is 0 Å². The number of esters is 1. The number of hydrogen-bond acceptors (Lipinski definition) is 16. The SMILES string of the molecule is COC(=O)c1cc(O)cc(OCc2cc(OCCOCCOCCOC(C)(C)C)c(OCCOCCOC(=O)NC34CC5CC(C)(CC(C)(C5)C3)C4)c(OCCOCCOCCOC(C)(C)C)c2)c1. The number of amides is 1. The monoisotopic (exact) mass is 976 g/mol. The molecule has 0 spiro atoms. The molecular weight excluding hydrogens is 895 g/mol. The zero-order valence-corrected chi connectivity index (χ0v) is 42.8. The fourth-order valence-electron chi connectivity index (χ4n) is 10.4. The molecule has 17 nitrogen and oxygen atoms in total. The van der Waals surface area contributed by atoms with Gasteiger partial charge in [-0.1, -0.05) is 13.8 Å². The van der Waals surface area contributed by atoms with Gasteiger partial charge in [0.05, 0.1) is 103 Å². The van der Waals surface area contributed by atoms with Crippen molar-refractivity contribution in [2.45, 2.75) is 117 Å². The quantitative estimate of drug-likeness (QED) is 0.0529. The highest BCUT2D eigenvalue weighted by atomic mass is 16.6. The van der Waals surface area contributed by atoms with E-state index < -0.39 is 12.1 Å². The van der Waals surface area contributed by atoms with Crippen LogP contribution in [0.15, 0.2) is 30.3 Å². The average Bonchev–Trinajstić information content (AvgIpc) is 3.24. The highest BCUT2D eigenvalue weighted by Gasteiger charge is 2.60. The molecular formula is C52H81NO16. The Bertz CT molecular complexity index is 1820. The van der Waals surface area contributed by atoms with E-state index in [4.69, 9.17) is 61.6 Å². The molecule has 0 radical (unpaired) electrons. The molecule has 4 aliphatic carbocycles. The molecule has 6 rings (SSSR count). The van der Waals surface area contributed by atoms with Gasteiger partial charge < -0.3 is 72.0 Å². The minimum absolute atomic E-state index is 0.00756. The van der Waals surface area contributed by atoms with E-state index in [2.05, 4.69) is 19.2 Å². The first-order valence-electron chi connectivity index (χ1n) is 24.5. The topological polar surface area (TPSA) is 186 Å². The fourth-order valence-corrected chi connectivity index (χ4v) is 10.4. The summed E-state index contributed by atoms with van der Waals surface area (Å²) in [6.07, 6.45) is 6.35. The summed E-state index contributed by atoms with van der Waals surface area (Å²) in [6.45, 7) is 21.6. The zero-order valence-electron chi connectivity index (χ0n) is 42.8. The second kappa shape index (κ2) is 26.4. The van der Waals surface area contributed by atoms with Gasteiger partial charge in [0, 0.05) is 11.6 Å². The number of benzene rings is 2. The number of aromatic hydroxyl groups is 1. The minimum atomic E-state index is -0.617. The third-order valence-corrected chi connectivity index (χ3v) is 12.0. The lowest BCUT2D eigenvalue weighted by Crippen LogP contribution is -2.65. The number of ether oxygens (including phenoxy) is 13. The Balaban J connectivity index is 1.18. The first-order chi connectivity index (χ1) is 32.8. The van der Waals surface area contributed by atoms with Gasteiger partial charge in [-0.15, -0.1) is 0 Å². The van der Waals surface area contributed by atoms with E-state index in [-0.39, 0.29) is 104 Å². The van der Waals surface area contributed by atoms with Gasteiger partial charge in [0.1, 0.15) is 44.5 Å². The van der Waals surface area contributed by atoms with Crippen molar-refractivity contribution in [3.05, 3.63) is 41.5 Å². The molecule has 390 valence electrons. The van der Waals surface area contributed by atoms with Crippen LogP contribution in [0, 0.1) is 16.7 Å². The van der Waals surface area contributed by atoms with Gasteiger partial charge in [-0.3, -0.25) is 0 Å². The van der Waals surface area contributed by atoms with Crippen LogP contribution >= 0.6 is 0 Å². The molecule has 0 aliphatic heterocycles. The third-order valence-electron chi connectivity index (χ3n) is 12.0. The normalized spacial score (nSPS) is 21.8. The second-order valence-electron chi connectivity index (χ2n) is 21.1. The van der Waals surface area contributed by atoms with Gasteiger partial charge in [0.25, 0.3) is 0 Å². The van der Waals surface area contributed by atoms with Crippen molar-refractivity contribution >= 4 is 12.1 Å². The van der Waals surface area contributed by atoms with Crippen LogP contribution in [0.5, 0.6) is 28.7 Å². The van der Waals surface area contributed by atoms with E-state index in [1.54, 1.807) is 12.1 Å². The molecule has 1 amide bonds. The van der Waals surface area contributed by atoms with Crippen molar-refractivity contribution in [1.29, 1.82) is 0 Å². The van der Waals surface area contributed by atoms with E-state index in [1.165, 1.54) is 44.6 Å². The van der Waals surface area contributed by atoms with Gasteiger partial charge in [0.2, 0.25) is 5.75 Å². The van der Waals surface area contributed by atoms with Crippen LogP contribution in [0.4, 0.5) is 4.79 Å². The van der Waals surface area contributed by atoms with Gasteiger partial charge >= 0.3 is 12.1 Å². The van der Waals surface area contributed by atoms with Crippen LogP contribution in [0.3, 0.4) is 0 Å². The number of hydrogen-bond donors (Lipinski definition) is 2. The lowest BCUT2D eigenvalue weighted by molar-refractivity contribution is -0.115. The Hall–Kier alpha value is -4.10. The Morgan fingerprint density at radius 3 is 1.57 bits per heavy atom. The van der Waals surface area contributed by atoms with E-state index >= 15 is 0 Å². The molecule has 0 aromatic heterocycles. The number of rotatable bonds is 32. The maximum absolute atomic E-state index is 13.0. The summed E-state index contributed by atoms with van der Waals surface area (Å²) in [5, 5.41) is 13.6. The van der Waals surface area contributed by atoms with Crippen LogP contribution in [0.1, 0.15) is 110 Å². The van der Waals surface area contributed by atoms with Crippen molar-refractivity contribution in [3.8, 4) is 28.7 Å². The molecule has 0 heterocycles. The molecule has 4 saturated carbocycles. The van der Waals surface area contributed by atoms with Gasteiger partial charge in [-0.25, -0.2) is 9.59 Å². The van der Waals surface area contributed by atoms with Gasteiger partial charge in [0.15, 0.2) is 11.5 Å². The highest BCUT2D eigenvalue weighted by Crippen LogP contribution is 2.66. The van der Waals surface area contributed by atoms with Crippen LogP contribution in [0.2, 0.25) is 0 Å². The number of carbonyl (C=O) groups excluding carboxylic acids is 2. The highest BCUT2D eigenvalue weighted by molar-refractivity contribution is 5.90. The summed E-state index contributed by atoms with van der Waals surface area (Å²) in [5.74, 6) is 1.16. The summed E-state index contributed by atoms with van der Waals surface area (Å²) in [7, 11) is 1.26. The molecule has 0 saturated heterocycles. The number of nitrogens with one attached hydrogen (secondary N) is 1. The molecule has 4 fully saturated rings. The standard InChI is InChI=1S/C52H81NO16/c1-48(2,3)68-24-18-60-12-10-58-14-20-63-43-26-38(34-67-42-29-40(46(55)57-9)28-41(54)30-42)27-44(64-21-15-59-11-13-61-19-25-69-49(4,5)6)45(43)65-22-16-62-17-23-66-47(56)53-52-33-39-31-50(7,36-52)35-51(8,32-39)37-52/h26-30,39,54H,10-25,31-37H2,1-9H3,(H,53,56). The molecule has 2 unspecified atom stereocenters. The summed E-state index contributed by atoms with van der Waals surface area (Å²) >= 11 is 0. The van der Waals surface area contributed by atoms with Crippen LogP contribution < -0.4 is 24.3 Å². The van der Waals surface area contributed by atoms with Crippen LogP contribution in [0.25, 0.3) is 0 Å². The number of alkyl carbamates (subject to hydrolysis) is 1. The van der Waals surface area contributed by atoms with E-state index in [9.17, 15) is 14.7 Å². The second-order valence-corrected chi connectivity index (χ2v) is 21.1. The van der Waals surface area contributed by atoms with E-state index in [0.717, 1.165) is 19.3 Å². The molecule has 2 aromatic carbocycles. The molecule has 2 N–H and O–H groups in total. The van der Waals surface area contributed by atoms with E-state index in [1.807, 2.05) is 41.5 Å². The van der Waals surface area contributed by atoms with Crippen LogP contribution in [-0.2, 0) is 49.2 Å². The molecule has 4 bridgehead atoms. The predicted octanol–water partition coefficient (Wildman–Crippen LogP) is 8.08. The fraction of sp³-hybridized carbons (Fsp3) is 0.731. The lowest BCUT2D eigenvalue weighted by Gasteiger charge is -2.65. The van der Waals surface area contributed by atoms with Gasteiger partial charge in [-0.05, 0) is 127 Å². The minimum Gasteiger partial charge on any atom is -0.508 e. The van der Waals surface area contributed by atoms with Crippen molar-refractivity contribution in [1.82, 2.24) is 5.32 Å². The molecule has 4 aliphatic rings. The average molecular weight is 976 g/mol. The number of carbonyl (C=O) groups is 2. The largest absolute Gasteiger partial charge is 0.508 e. The molecule has 2 atom stereocenters. The maximum Gasteiger partial charge on any atom is 0.407 e. The zero-order chi connectivity index (χ0) is 50.0. The number of phenols is 1. The van der Waals surface area contributed by atoms with Crippen molar-refractivity contribution in [3.63, 3.8) is 0 Å². The van der Waals surface area contributed by atoms with E-state index in [0.29, 0.717) is 81.6 Å². The molecule has 17 heteroatoms.